The van der Waals surface area contributed by atoms with Crippen LogP contribution in [-0.2, 0) is 4.74 Å². The Morgan fingerprint density at radius 1 is 1.03 bits per heavy atom. The van der Waals surface area contributed by atoms with E-state index in [1.807, 2.05) is 11.0 Å². The van der Waals surface area contributed by atoms with Crippen molar-refractivity contribution in [1.82, 2.24) is 19.9 Å². The van der Waals surface area contributed by atoms with Crippen molar-refractivity contribution >= 4 is 11.7 Å². The Morgan fingerprint density at radius 2 is 1.85 bits per heavy atom. The van der Waals surface area contributed by atoms with Crippen molar-refractivity contribution in [3.8, 4) is 11.6 Å². The van der Waals surface area contributed by atoms with E-state index in [1.54, 1.807) is 36.7 Å². The molecule has 2 aliphatic rings. The van der Waals surface area contributed by atoms with E-state index in [2.05, 4.69) is 19.9 Å². The van der Waals surface area contributed by atoms with Gasteiger partial charge in [-0.2, -0.15) is 0 Å². The van der Waals surface area contributed by atoms with Crippen molar-refractivity contribution in [2.24, 2.45) is 0 Å². The average molecular weight is 464 g/mol. The highest BCUT2D eigenvalue weighted by molar-refractivity contribution is 5.95. The zero-order valence-electron chi connectivity index (χ0n) is 18.8. The third-order valence-electron chi connectivity index (χ3n) is 6.16. The van der Waals surface area contributed by atoms with Gasteiger partial charge >= 0.3 is 0 Å². The summed E-state index contributed by atoms with van der Waals surface area (Å²) in [7, 11) is 0. The van der Waals surface area contributed by atoms with Crippen LogP contribution in [0.2, 0.25) is 0 Å². The molecule has 5 rings (SSSR count). The molecule has 0 saturated carbocycles. The van der Waals surface area contributed by atoms with E-state index < -0.39 is 5.82 Å². The minimum Gasteiger partial charge on any atom is -0.434 e. The second kappa shape index (κ2) is 10.1. The summed E-state index contributed by atoms with van der Waals surface area (Å²) in [4.78, 5) is 30.6. The maximum atomic E-state index is 14.1. The van der Waals surface area contributed by atoms with Crippen LogP contribution in [0.4, 0.5) is 10.2 Å². The van der Waals surface area contributed by atoms with Gasteiger partial charge in [-0.15, -0.1) is 0 Å². The number of ether oxygens (including phenoxy) is 2. The second-order valence-electron chi connectivity index (χ2n) is 8.37. The van der Waals surface area contributed by atoms with Crippen LogP contribution in [0.1, 0.15) is 34.8 Å². The van der Waals surface area contributed by atoms with Gasteiger partial charge in [0.1, 0.15) is 11.5 Å². The number of aromatic nitrogens is 3. The van der Waals surface area contributed by atoms with Gasteiger partial charge in [0.15, 0.2) is 11.6 Å². The van der Waals surface area contributed by atoms with Crippen molar-refractivity contribution in [3.63, 3.8) is 0 Å². The average Bonchev–Trinajstić information content (AvgIpc) is 2.90. The number of carbonyl (C=O) groups is 1. The van der Waals surface area contributed by atoms with Gasteiger partial charge in [-0.25, -0.2) is 14.4 Å². The van der Waals surface area contributed by atoms with E-state index in [-0.39, 0.29) is 23.5 Å². The Balaban J connectivity index is 1.33. The number of nitrogens with zero attached hydrogens (tertiary/aromatic N) is 5. The van der Waals surface area contributed by atoms with Gasteiger partial charge in [-0.1, -0.05) is 12.1 Å². The smallest absolute Gasteiger partial charge is 0.254 e. The lowest BCUT2D eigenvalue weighted by Gasteiger charge is -2.33. The maximum Gasteiger partial charge on any atom is 0.254 e. The molecular weight excluding hydrogens is 437 g/mol. The van der Waals surface area contributed by atoms with Crippen molar-refractivity contribution in [2.75, 3.05) is 44.3 Å². The number of likely N-dealkylation sites (tertiary alicyclic amines) is 1. The number of rotatable bonds is 5. The first-order chi connectivity index (χ1) is 16.7. The van der Waals surface area contributed by atoms with Crippen LogP contribution in [0.5, 0.6) is 11.6 Å². The monoisotopic (exact) mass is 463 g/mol. The molecule has 2 aromatic heterocycles. The number of hydrogen-bond donors (Lipinski definition) is 0. The molecule has 1 amide bonds. The van der Waals surface area contributed by atoms with E-state index in [0.29, 0.717) is 37.6 Å². The van der Waals surface area contributed by atoms with E-state index in [9.17, 15) is 9.18 Å². The first kappa shape index (κ1) is 22.2. The molecule has 34 heavy (non-hydrogen) atoms. The predicted octanol–water partition coefficient (Wildman–Crippen LogP) is 3.66. The molecule has 2 aliphatic heterocycles. The van der Waals surface area contributed by atoms with Crippen LogP contribution < -0.4 is 9.64 Å². The molecule has 2 saturated heterocycles. The maximum absolute atomic E-state index is 14.1. The van der Waals surface area contributed by atoms with Crippen molar-refractivity contribution < 1.29 is 18.7 Å². The van der Waals surface area contributed by atoms with E-state index in [4.69, 9.17) is 9.47 Å². The fraction of sp³-hybridized carbons (Fsp3) is 0.360. The minimum atomic E-state index is -0.465. The lowest BCUT2D eigenvalue weighted by Crippen LogP contribution is -2.40. The highest BCUT2D eigenvalue weighted by atomic mass is 19.1. The van der Waals surface area contributed by atoms with Crippen LogP contribution in [0.25, 0.3) is 0 Å². The molecule has 0 bridgehead atoms. The number of amides is 1. The predicted molar refractivity (Wildman–Crippen MR) is 124 cm³/mol. The van der Waals surface area contributed by atoms with Gasteiger partial charge in [-0.3, -0.25) is 9.78 Å². The second-order valence-corrected chi connectivity index (χ2v) is 8.37. The van der Waals surface area contributed by atoms with Crippen LogP contribution >= 0.6 is 0 Å². The highest BCUT2D eigenvalue weighted by Gasteiger charge is 2.29. The third kappa shape index (κ3) is 4.84. The number of hydrogen-bond acceptors (Lipinski definition) is 7. The Labute approximate surface area is 197 Å². The Bertz CT molecular complexity index is 1150. The van der Waals surface area contributed by atoms with Crippen LogP contribution in [0.15, 0.2) is 55.0 Å². The topological polar surface area (TPSA) is 80.7 Å². The summed E-state index contributed by atoms with van der Waals surface area (Å²) >= 11 is 0. The summed E-state index contributed by atoms with van der Waals surface area (Å²) in [5.74, 6) is 0.590. The van der Waals surface area contributed by atoms with Gasteiger partial charge in [0, 0.05) is 56.3 Å². The van der Waals surface area contributed by atoms with Crippen LogP contribution in [-0.4, -0.2) is 65.2 Å². The molecule has 0 aliphatic carbocycles. The molecule has 1 atom stereocenters. The summed E-state index contributed by atoms with van der Waals surface area (Å²) < 4.78 is 25.3. The van der Waals surface area contributed by atoms with Crippen molar-refractivity contribution in [1.29, 1.82) is 0 Å². The number of benzene rings is 1. The molecule has 3 aromatic rings. The number of morpholine rings is 1. The summed E-state index contributed by atoms with van der Waals surface area (Å²) in [6, 6.07) is 9.81. The zero-order chi connectivity index (χ0) is 23.3. The Kier molecular flexibility index (Phi) is 6.62. The van der Waals surface area contributed by atoms with Crippen LogP contribution in [0.3, 0.4) is 0 Å². The number of para-hydroxylation sites is 1. The number of carbonyl (C=O) groups excluding carboxylic acids is 1. The SMILES string of the molecule is O=C(c1ccnc(N2CCOCC2)c1)N1CCC[C@H](c2nccnc2Oc2ccccc2F)C1. The van der Waals surface area contributed by atoms with Crippen molar-refractivity contribution in [2.45, 2.75) is 18.8 Å². The number of piperidine rings is 1. The standard InChI is InChI=1S/C25H26FN5O3/c26-20-5-1-2-6-21(20)34-24-23(28-9-10-29-24)19-4-3-11-31(17-19)25(32)18-7-8-27-22(16-18)30-12-14-33-15-13-30/h1-2,5-10,16,19H,3-4,11-15,17H2/t19-/m0/s1. The van der Waals surface area contributed by atoms with Crippen LogP contribution in [0, 0.1) is 5.82 Å². The summed E-state index contributed by atoms with van der Waals surface area (Å²) in [5.41, 5.74) is 1.24. The molecule has 0 radical (unpaired) electrons. The summed E-state index contributed by atoms with van der Waals surface area (Å²) in [6.07, 6.45) is 6.47. The van der Waals surface area contributed by atoms with Gasteiger partial charge < -0.3 is 19.3 Å². The molecule has 9 heteroatoms. The third-order valence-corrected chi connectivity index (χ3v) is 6.16. The first-order valence-corrected chi connectivity index (χ1v) is 11.5. The highest BCUT2D eigenvalue weighted by Crippen LogP contribution is 2.33. The van der Waals surface area contributed by atoms with E-state index >= 15 is 0 Å². The minimum absolute atomic E-state index is 0.0397. The van der Waals surface area contributed by atoms with Gasteiger partial charge in [0.25, 0.3) is 5.91 Å². The molecular formula is C25H26FN5O3. The normalized spacial score (nSPS) is 18.6. The summed E-state index contributed by atoms with van der Waals surface area (Å²) in [6.45, 7) is 3.97. The molecule has 0 N–H and O–H groups in total. The number of pyridine rings is 1. The summed E-state index contributed by atoms with van der Waals surface area (Å²) in [5, 5.41) is 0. The van der Waals surface area contributed by atoms with Gasteiger partial charge in [0.2, 0.25) is 5.88 Å². The zero-order valence-corrected chi connectivity index (χ0v) is 18.8. The number of anilines is 1. The fourth-order valence-electron chi connectivity index (χ4n) is 4.41. The Hall–Kier alpha value is -3.59. The molecule has 0 spiro atoms. The molecule has 8 nitrogen and oxygen atoms in total. The van der Waals surface area contributed by atoms with E-state index in [0.717, 1.165) is 31.7 Å². The largest absolute Gasteiger partial charge is 0.434 e. The van der Waals surface area contributed by atoms with Crippen molar-refractivity contribution in [3.05, 3.63) is 72.1 Å². The Morgan fingerprint density at radius 3 is 2.71 bits per heavy atom. The molecule has 176 valence electrons. The molecule has 1 aromatic carbocycles. The lowest BCUT2D eigenvalue weighted by atomic mass is 9.94. The lowest BCUT2D eigenvalue weighted by molar-refractivity contribution is 0.0704. The molecule has 4 heterocycles. The number of halogens is 1. The fourth-order valence-corrected chi connectivity index (χ4v) is 4.41. The van der Waals surface area contributed by atoms with Gasteiger partial charge in [-0.05, 0) is 37.1 Å². The molecule has 2 fully saturated rings. The first-order valence-electron chi connectivity index (χ1n) is 11.5. The quantitative estimate of drug-likeness (QED) is 0.571. The van der Waals surface area contributed by atoms with Gasteiger partial charge in [0.05, 0.1) is 13.2 Å². The molecule has 0 unspecified atom stereocenters. The van der Waals surface area contributed by atoms with E-state index in [1.165, 1.54) is 12.3 Å².